The van der Waals surface area contributed by atoms with Gasteiger partial charge in [-0.05, 0) is 48.6 Å². The average Bonchev–Trinajstić information content (AvgIpc) is 2.87. The minimum atomic E-state index is -4.47. The van der Waals surface area contributed by atoms with Crippen molar-refractivity contribution in [2.24, 2.45) is 5.92 Å². The molecule has 0 aromatic heterocycles. The number of benzene rings is 3. The van der Waals surface area contributed by atoms with Crippen molar-refractivity contribution in [1.82, 2.24) is 4.90 Å². The number of nitrogens with one attached hydrogen (secondary N) is 1. The number of carbonyl (C=O) groups excluding carboxylic acids is 3. The maximum atomic E-state index is 12.7. The number of anilines is 1. The molecule has 1 heterocycles. The number of hydrogen-bond donors (Lipinski definition) is 1. The first kappa shape index (κ1) is 24.3. The molecular weight excluding hydrogens is 461 g/mol. The highest BCUT2D eigenvalue weighted by molar-refractivity contribution is 6.02. The molecule has 0 unspecified atom stereocenters. The predicted molar refractivity (Wildman–Crippen MR) is 124 cm³/mol. The molecule has 1 N–H and O–H groups in total. The highest BCUT2D eigenvalue weighted by Crippen LogP contribution is 2.29. The summed E-state index contributed by atoms with van der Waals surface area (Å²) in [5.74, 6) is -1.82. The topological polar surface area (TPSA) is 75.7 Å². The van der Waals surface area contributed by atoms with Crippen LogP contribution in [0.2, 0.25) is 0 Å². The summed E-state index contributed by atoms with van der Waals surface area (Å²) in [6.07, 6.45) is -3.78. The molecule has 0 atom stereocenters. The number of likely N-dealkylation sites (tertiary alicyclic amines) is 1. The minimum Gasteiger partial charge on any atom is -0.455 e. The third kappa shape index (κ3) is 5.79. The number of halogens is 3. The number of hydrogen-bond acceptors (Lipinski definition) is 4. The predicted octanol–water partition coefficient (Wildman–Crippen LogP) is 4.89. The molecule has 35 heavy (non-hydrogen) atoms. The highest BCUT2D eigenvalue weighted by atomic mass is 19.4. The van der Waals surface area contributed by atoms with Crippen LogP contribution in [0.15, 0.2) is 66.7 Å². The Bertz CT molecular complexity index is 1230. The maximum absolute atomic E-state index is 12.7. The average molecular weight is 484 g/mol. The first-order chi connectivity index (χ1) is 16.7. The van der Waals surface area contributed by atoms with E-state index in [0.29, 0.717) is 18.5 Å². The number of ether oxygens (including phenoxy) is 1. The van der Waals surface area contributed by atoms with Gasteiger partial charge in [-0.3, -0.25) is 14.4 Å². The van der Waals surface area contributed by atoms with Crippen molar-refractivity contribution in [3.05, 3.63) is 77.9 Å². The number of nitrogens with zero attached hydrogens (tertiary/aromatic N) is 1. The van der Waals surface area contributed by atoms with Crippen molar-refractivity contribution < 1.29 is 32.3 Å². The normalized spacial score (nSPS) is 14.5. The van der Waals surface area contributed by atoms with E-state index in [1.54, 1.807) is 6.07 Å². The molecule has 6 nitrogen and oxygen atoms in total. The molecule has 2 amide bonds. The van der Waals surface area contributed by atoms with E-state index < -0.39 is 36.1 Å². The number of amides is 2. The summed E-state index contributed by atoms with van der Waals surface area (Å²) in [6, 6.07) is 17.2. The van der Waals surface area contributed by atoms with Crippen LogP contribution >= 0.6 is 0 Å². The van der Waals surface area contributed by atoms with Gasteiger partial charge in [0, 0.05) is 29.7 Å². The number of alkyl halides is 3. The number of rotatable bonds is 5. The zero-order chi connectivity index (χ0) is 25.0. The summed E-state index contributed by atoms with van der Waals surface area (Å²) in [7, 11) is 0. The molecule has 1 aliphatic heterocycles. The van der Waals surface area contributed by atoms with Crippen molar-refractivity contribution >= 4 is 34.2 Å². The molecule has 9 heteroatoms. The number of esters is 1. The van der Waals surface area contributed by atoms with E-state index >= 15 is 0 Å². The smallest absolute Gasteiger partial charge is 0.416 e. The van der Waals surface area contributed by atoms with Gasteiger partial charge < -0.3 is 15.0 Å². The summed E-state index contributed by atoms with van der Waals surface area (Å²) in [5.41, 5.74) is -0.0386. The Morgan fingerprint density at radius 2 is 1.57 bits per heavy atom. The van der Waals surface area contributed by atoms with Crippen molar-refractivity contribution in [1.29, 1.82) is 0 Å². The van der Waals surface area contributed by atoms with E-state index in [0.717, 1.165) is 35.0 Å². The molecule has 3 aromatic carbocycles. The number of carbonyl (C=O) groups is 3. The SMILES string of the molecule is O=C(COC(=O)C1CCN(C(=O)c2ccc(C(F)(F)F)cc2)CC1)Nc1cccc2ccccc12. The molecule has 0 saturated carbocycles. The summed E-state index contributed by atoms with van der Waals surface area (Å²) in [4.78, 5) is 38.8. The van der Waals surface area contributed by atoms with Crippen LogP contribution in [0, 0.1) is 5.92 Å². The first-order valence-electron chi connectivity index (χ1n) is 11.1. The van der Waals surface area contributed by atoms with Gasteiger partial charge in [0.1, 0.15) is 0 Å². The van der Waals surface area contributed by atoms with E-state index in [2.05, 4.69) is 5.32 Å². The van der Waals surface area contributed by atoms with E-state index in [4.69, 9.17) is 4.74 Å². The van der Waals surface area contributed by atoms with E-state index in [9.17, 15) is 27.6 Å². The third-order valence-corrected chi connectivity index (χ3v) is 5.98. The summed E-state index contributed by atoms with van der Waals surface area (Å²) in [6.45, 7) is 0.108. The number of fused-ring (bicyclic) bond motifs is 1. The molecule has 1 fully saturated rings. The minimum absolute atomic E-state index is 0.157. The summed E-state index contributed by atoms with van der Waals surface area (Å²) < 4.78 is 43.3. The van der Waals surface area contributed by atoms with E-state index in [1.165, 1.54) is 4.90 Å². The lowest BCUT2D eigenvalue weighted by molar-refractivity contribution is -0.152. The molecule has 0 spiro atoms. The quantitative estimate of drug-likeness (QED) is 0.523. The van der Waals surface area contributed by atoms with E-state index in [-0.39, 0.29) is 24.6 Å². The zero-order valence-electron chi connectivity index (χ0n) is 18.7. The van der Waals surface area contributed by atoms with Crippen LogP contribution in [0.4, 0.5) is 18.9 Å². The standard InChI is InChI=1S/C26H23F3N2O4/c27-26(28,29)20-10-8-18(9-11-20)24(33)31-14-12-19(13-15-31)25(34)35-16-23(32)30-22-7-3-5-17-4-1-2-6-21(17)22/h1-11,19H,12-16H2,(H,30,32). The second kappa shape index (κ2) is 10.2. The Morgan fingerprint density at radius 1 is 0.914 bits per heavy atom. The van der Waals surface area contributed by atoms with Gasteiger partial charge in [0.15, 0.2) is 6.61 Å². The molecule has 182 valence electrons. The van der Waals surface area contributed by atoms with Crippen LogP contribution in [-0.4, -0.2) is 42.4 Å². The second-order valence-corrected chi connectivity index (χ2v) is 8.32. The Labute approximate surface area is 199 Å². The lowest BCUT2D eigenvalue weighted by Crippen LogP contribution is -2.41. The Hall–Kier alpha value is -3.88. The largest absolute Gasteiger partial charge is 0.455 e. The van der Waals surface area contributed by atoms with Crippen LogP contribution < -0.4 is 5.32 Å². The maximum Gasteiger partial charge on any atom is 0.416 e. The Balaban J connectivity index is 1.25. The highest BCUT2D eigenvalue weighted by Gasteiger charge is 2.32. The van der Waals surface area contributed by atoms with Crippen molar-refractivity contribution in [2.45, 2.75) is 19.0 Å². The van der Waals surface area contributed by atoms with Gasteiger partial charge in [0.2, 0.25) is 0 Å². The van der Waals surface area contributed by atoms with Crippen LogP contribution in [0.1, 0.15) is 28.8 Å². The van der Waals surface area contributed by atoms with Crippen molar-refractivity contribution in [2.75, 3.05) is 25.0 Å². The molecule has 3 aromatic rings. The van der Waals surface area contributed by atoms with Crippen LogP contribution in [-0.2, 0) is 20.5 Å². The van der Waals surface area contributed by atoms with Crippen molar-refractivity contribution in [3.63, 3.8) is 0 Å². The van der Waals surface area contributed by atoms with Gasteiger partial charge in [-0.2, -0.15) is 13.2 Å². The fraction of sp³-hybridized carbons (Fsp3) is 0.269. The zero-order valence-corrected chi connectivity index (χ0v) is 18.7. The molecule has 0 radical (unpaired) electrons. The van der Waals surface area contributed by atoms with Gasteiger partial charge in [0.05, 0.1) is 11.5 Å². The van der Waals surface area contributed by atoms with Gasteiger partial charge in [-0.25, -0.2) is 0 Å². The number of piperidine rings is 1. The molecule has 1 saturated heterocycles. The van der Waals surface area contributed by atoms with Crippen LogP contribution in [0.25, 0.3) is 10.8 Å². The van der Waals surface area contributed by atoms with E-state index in [1.807, 2.05) is 36.4 Å². The Morgan fingerprint density at radius 3 is 2.26 bits per heavy atom. The molecule has 0 bridgehead atoms. The molecule has 4 rings (SSSR count). The van der Waals surface area contributed by atoms with Gasteiger partial charge in [-0.1, -0.05) is 36.4 Å². The monoisotopic (exact) mass is 484 g/mol. The van der Waals surface area contributed by atoms with Gasteiger partial charge >= 0.3 is 12.1 Å². The van der Waals surface area contributed by atoms with Crippen molar-refractivity contribution in [3.8, 4) is 0 Å². The van der Waals surface area contributed by atoms with Crippen LogP contribution in [0.3, 0.4) is 0 Å². The van der Waals surface area contributed by atoms with Crippen LogP contribution in [0.5, 0.6) is 0 Å². The molecular formula is C26H23F3N2O4. The summed E-state index contributed by atoms with van der Waals surface area (Å²) >= 11 is 0. The summed E-state index contributed by atoms with van der Waals surface area (Å²) in [5, 5.41) is 4.60. The lowest BCUT2D eigenvalue weighted by Gasteiger charge is -2.31. The lowest BCUT2D eigenvalue weighted by atomic mass is 9.96. The fourth-order valence-corrected chi connectivity index (χ4v) is 4.08. The Kier molecular flexibility index (Phi) is 7.04. The van der Waals surface area contributed by atoms with Gasteiger partial charge in [0.25, 0.3) is 11.8 Å². The second-order valence-electron chi connectivity index (χ2n) is 8.32. The molecule has 1 aliphatic rings. The fourth-order valence-electron chi connectivity index (χ4n) is 4.08. The molecule has 0 aliphatic carbocycles. The first-order valence-corrected chi connectivity index (χ1v) is 11.1. The third-order valence-electron chi connectivity index (χ3n) is 5.98. The van der Waals surface area contributed by atoms with Gasteiger partial charge in [-0.15, -0.1) is 0 Å².